The third-order valence-electron chi connectivity index (χ3n) is 2.97. The van der Waals surface area contributed by atoms with Gasteiger partial charge in [-0.05, 0) is 31.8 Å². The Bertz CT molecular complexity index is 171. The molecule has 0 bridgehead atoms. The molecule has 0 aromatic heterocycles. The van der Waals surface area contributed by atoms with E-state index in [-0.39, 0.29) is 0 Å². The topological polar surface area (TPSA) is 27.0 Å². The summed E-state index contributed by atoms with van der Waals surface area (Å²) in [6.45, 7) is 4.56. The molecule has 1 saturated heterocycles. The first-order valence-electron chi connectivity index (χ1n) is 4.83. The van der Waals surface area contributed by atoms with Crippen LogP contribution in [-0.4, -0.2) is 25.0 Å². The van der Waals surface area contributed by atoms with Crippen LogP contribution in [0.25, 0.3) is 0 Å². The monoisotopic (exact) mass is 166 g/mol. The van der Waals surface area contributed by atoms with E-state index in [2.05, 4.69) is 24.9 Å². The second-order valence-electron chi connectivity index (χ2n) is 3.84. The van der Waals surface area contributed by atoms with Crippen molar-refractivity contribution in [2.75, 3.05) is 20.1 Å². The largest absolute Gasteiger partial charge is 0.306 e. The molecular formula is C10H18N2. The van der Waals surface area contributed by atoms with E-state index >= 15 is 0 Å². The molecule has 1 heterocycles. The van der Waals surface area contributed by atoms with Crippen molar-refractivity contribution in [1.29, 1.82) is 5.26 Å². The van der Waals surface area contributed by atoms with Crippen LogP contribution in [0.15, 0.2) is 0 Å². The number of piperidine rings is 1. The van der Waals surface area contributed by atoms with Gasteiger partial charge in [0.15, 0.2) is 0 Å². The number of hydrogen-bond donors (Lipinski definition) is 0. The Labute approximate surface area is 75.2 Å². The Morgan fingerprint density at radius 3 is 2.83 bits per heavy atom. The van der Waals surface area contributed by atoms with Crippen molar-refractivity contribution in [2.45, 2.75) is 26.2 Å². The van der Waals surface area contributed by atoms with Gasteiger partial charge in [-0.2, -0.15) is 5.26 Å². The first kappa shape index (κ1) is 9.54. The van der Waals surface area contributed by atoms with Gasteiger partial charge in [-0.3, -0.25) is 0 Å². The molecule has 2 unspecified atom stereocenters. The Morgan fingerprint density at radius 2 is 2.25 bits per heavy atom. The minimum absolute atomic E-state index is 0.624. The molecule has 2 heteroatoms. The maximum absolute atomic E-state index is 8.65. The summed E-state index contributed by atoms with van der Waals surface area (Å²) in [6.07, 6.45) is 3.25. The molecule has 0 saturated carbocycles. The van der Waals surface area contributed by atoms with Crippen molar-refractivity contribution in [1.82, 2.24) is 4.90 Å². The first-order valence-corrected chi connectivity index (χ1v) is 4.83. The molecule has 2 nitrogen and oxygen atoms in total. The van der Waals surface area contributed by atoms with Crippen molar-refractivity contribution in [3.8, 4) is 6.07 Å². The zero-order valence-corrected chi connectivity index (χ0v) is 8.08. The summed E-state index contributed by atoms with van der Waals surface area (Å²) in [6, 6.07) is 2.30. The molecule has 0 radical (unpaired) electrons. The fourth-order valence-electron chi connectivity index (χ4n) is 2.15. The lowest BCUT2D eigenvalue weighted by atomic mass is 9.82. The molecule has 1 aliphatic rings. The lowest BCUT2D eigenvalue weighted by Gasteiger charge is -2.35. The Hall–Kier alpha value is -0.550. The number of nitrogens with zero attached hydrogens (tertiary/aromatic N) is 2. The van der Waals surface area contributed by atoms with Gasteiger partial charge in [0.25, 0.3) is 0 Å². The highest BCUT2D eigenvalue weighted by atomic mass is 15.1. The zero-order valence-electron chi connectivity index (χ0n) is 8.08. The van der Waals surface area contributed by atoms with Gasteiger partial charge in [-0.1, -0.05) is 13.3 Å². The summed E-state index contributed by atoms with van der Waals surface area (Å²) >= 11 is 0. The number of nitriles is 1. The van der Waals surface area contributed by atoms with Gasteiger partial charge in [-0.15, -0.1) is 0 Å². The van der Waals surface area contributed by atoms with Crippen LogP contribution >= 0.6 is 0 Å². The highest BCUT2D eigenvalue weighted by Gasteiger charge is 2.25. The van der Waals surface area contributed by atoms with E-state index in [0.717, 1.165) is 18.9 Å². The van der Waals surface area contributed by atoms with Crippen molar-refractivity contribution < 1.29 is 0 Å². The van der Waals surface area contributed by atoms with E-state index in [1.807, 2.05) is 0 Å². The van der Waals surface area contributed by atoms with Crippen LogP contribution in [0, 0.1) is 23.2 Å². The van der Waals surface area contributed by atoms with Gasteiger partial charge in [0.1, 0.15) is 0 Å². The average Bonchev–Trinajstić information content (AvgIpc) is 2.05. The van der Waals surface area contributed by atoms with Gasteiger partial charge in [0, 0.05) is 13.0 Å². The molecule has 1 rings (SSSR count). The fraction of sp³-hybridized carbons (Fsp3) is 0.900. The van der Waals surface area contributed by atoms with Crippen LogP contribution < -0.4 is 0 Å². The smallest absolute Gasteiger partial charge is 0.0625 e. The quantitative estimate of drug-likeness (QED) is 0.626. The van der Waals surface area contributed by atoms with Gasteiger partial charge < -0.3 is 4.90 Å². The number of hydrogen-bond acceptors (Lipinski definition) is 2. The Kier molecular flexibility index (Phi) is 3.55. The first-order chi connectivity index (χ1) is 5.77. The lowest BCUT2D eigenvalue weighted by molar-refractivity contribution is 0.142. The number of rotatable bonds is 2. The maximum Gasteiger partial charge on any atom is 0.0625 e. The molecule has 1 fully saturated rings. The maximum atomic E-state index is 8.65. The molecular weight excluding hydrogens is 148 g/mol. The molecule has 0 N–H and O–H groups in total. The fourth-order valence-corrected chi connectivity index (χ4v) is 2.15. The van der Waals surface area contributed by atoms with Crippen LogP contribution in [0.3, 0.4) is 0 Å². The predicted molar refractivity (Wildman–Crippen MR) is 49.6 cm³/mol. The van der Waals surface area contributed by atoms with E-state index < -0.39 is 0 Å². The molecule has 0 spiro atoms. The lowest BCUT2D eigenvalue weighted by Crippen LogP contribution is -2.37. The summed E-state index contributed by atoms with van der Waals surface area (Å²) in [4.78, 5) is 2.34. The normalized spacial score (nSPS) is 31.4. The van der Waals surface area contributed by atoms with E-state index in [4.69, 9.17) is 5.26 Å². The summed E-state index contributed by atoms with van der Waals surface area (Å²) in [7, 11) is 2.15. The molecule has 0 amide bonds. The van der Waals surface area contributed by atoms with Crippen molar-refractivity contribution in [3.05, 3.63) is 0 Å². The van der Waals surface area contributed by atoms with Crippen molar-refractivity contribution in [2.24, 2.45) is 11.8 Å². The molecule has 1 aliphatic heterocycles. The molecule has 68 valence electrons. The third kappa shape index (κ3) is 2.22. The van der Waals surface area contributed by atoms with E-state index in [9.17, 15) is 0 Å². The summed E-state index contributed by atoms with van der Waals surface area (Å²) in [5.41, 5.74) is 0. The molecule has 0 aromatic carbocycles. The van der Waals surface area contributed by atoms with Gasteiger partial charge in [0.05, 0.1) is 6.07 Å². The SMILES string of the molecule is CCC1CCN(C)CC1CC#N. The predicted octanol–water partition coefficient (Wildman–Crippen LogP) is 1.88. The molecule has 0 aliphatic carbocycles. The Balaban J connectivity index is 2.47. The van der Waals surface area contributed by atoms with Crippen LogP contribution in [0.2, 0.25) is 0 Å². The average molecular weight is 166 g/mol. The van der Waals surface area contributed by atoms with Crippen LogP contribution in [0.1, 0.15) is 26.2 Å². The van der Waals surface area contributed by atoms with Gasteiger partial charge >= 0.3 is 0 Å². The molecule has 12 heavy (non-hydrogen) atoms. The van der Waals surface area contributed by atoms with E-state index in [1.165, 1.54) is 19.4 Å². The zero-order chi connectivity index (χ0) is 8.97. The number of likely N-dealkylation sites (tertiary alicyclic amines) is 1. The third-order valence-corrected chi connectivity index (χ3v) is 2.97. The highest BCUT2D eigenvalue weighted by molar-refractivity contribution is 4.85. The molecule has 2 atom stereocenters. The highest BCUT2D eigenvalue weighted by Crippen LogP contribution is 2.27. The summed E-state index contributed by atoms with van der Waals surface area (Å²) < 4.78 is 0. The van der Waals surface area contributed by atoms with Crippen LogP contribution in [0.5, 0.6) is 0 Å². The summed E-state index contributed by atoms with van der Waals surface area (Å²) in [5, 5.41) is 8.65. The minimum atomic E-state index is 0.624. The second kappa shape index (κ2) is 4.47. The van der Waals surface area contributed by atoms with E-state index in [0.29, 0.717) is 5.92 Å². The van der Waals surface area contributed by atoms with Gasteiger partial charge in [-0.25, -0.2) is 0 Å². The van der Waals surface area contributed by atoms with Crippen LogP contribution in [-0.2, 0) is 0 Å². The molecule has 0 aromatic rings. The minimum Gasteiger partial charge on any atom is -0.306 e. The van der Waals surface area contributed by atoms with Crippen molar-refractivity contribution >= 4 is 0 Å². The second-order valence-corrected chi connectivity index (χ2v) is 3.84. The Morgan fingerprint density at radius 1 is 1.50 bits per heavy atom. The van der Waals surface area contributed by atoms with Crippen LogP contribution in [0.4, 0.5) is 0 Å². The van der Waals surface area contributed by atoms with Crippen molar-refractivity contribution in [3.63, 3.8) is 0 Å². The van der Waals surface area contributed by atoms with E-state index in [1.54, 1.807) is 0 Å². The standard InChI is InChI=1S/C10H18N2/c1-3-9-5-7-12(2)8-10(9)4-6-11/h9-10H,3-5,7-8H2,1-2H3. The van der Waals surface area contributed by atoms with Gasteiger partial charge in [0.2, 0.25) is 0 Å². The summed E-state index contributed by atoms with van der Waals surface area (Å²) in [5.74, 6) is 1.42.